The van der Waals surface area contributed by atoms with Gasteiger partial charge in [-0.3, -0.25) is 0 Å². The number of hydrogen-bond acceptors (Lipinski definition) is 4. The lowest BCUT2D eigenvalue weighted by molar-refractivity contribution is -0.139. The highest BCUT2D eigenvalue weighted by atomic mass is 16.5. The topological polar surface area (TPSA) is 36.9 Å². The van der Waals surface area contributed by atoms with Crippen molar-refractivity contribution in [3.05, 3.63) is 0 Å². The average Bonchev–Trinajstić information content (AvgIpc) is 2.59. The van der Waals surface area contributed by atoms with Gasteiger partial charge in [0.1, 0.15) is 0 Å². The van der Waals surface area contributed by atoms with E-state index in [0.29, 0.717) is 31.3 Å². The molecular formula is C28H56O4. The van der Waals surface area contributed by atoms with Crippen molar-refractivity contribution in [2.24, 2.45) is 33.5 Å². The van der Waals surface area contributed by atoms with E-state index in [1.54, 1.807) is 21.3 Å². The van der Waals surface area contributed by atoms with Crippen molar-refractivity contribution in [3.8, 4) is 0 Å². The third-order valence-electron chi connectivity index (χ3n) is 7.72. The van der Waals surface area contributed by atoms with E-state index in [4.69, 9.17) is 18.9 Å². The summed E-state index contributed by atoms with van der Waals surface area (Å²) in [5, 5.41) is 0. The Morgan fingerprint density at radius 2 is 1.25 bits per heavy atom. The summed E-state index contributed by atoms with van der Waals surface area (Å²) in [6.07, 6.45) is 6.88. The van der Waals surface area contributed by atoms with Gasteiger partial charge in [0.2, 0.25) is 0 Å². The molecule has 3 atom stereocenters. The van der Waals surface area contributed by atoms with Crippen molar-refractivity contribution in [1.29, 1.82) is 0 Å². The average molecular weight is 457 g/mol. The lowest BCUT2D eigenvalue weighted by atomic mass is 9.59. The molecule has 0 heterocycles. The molecule has 4 heteroatoms. The van der Waals surface area contributed by atoms with Crippen LogP contribution in [-0.4, -0.2) is 53.4 Å². The Bertz CT molecular complexity index is 524. The Morgan fingerprint density at radius 1 is 0.719 bits per heavy atom. The van der Waals surface area contributed by atoms with Gasteiger partial charge in [-0.15, -0.1) is 0 Å². The molecule has 0 N–H and O–H groups in total. The monoisotopic (exact) mass is 456 g/mol. The van der Waals surface area contributed by atoms with Crippen molar-refractivity contribution < 1.29 is 18.9 Å². The number of hydrogen-bond donors (Lipinski definition) is 0. The second kappa shape index (κ2) is 12.0. The van der Waals surface area contributed by atoms with Crippen LogP contribution in [0.1, 0.15) is 94.4 Å². The molecule has 0 bridgehead atoms. The van der Waals surface area contributed by atoms with Crippen LogP contribution >= 0.6 is 0 Å². The van der Waals surface area contributed by atoms with Gasteiger partial charge in [0.25, 0.3) is 0 Å². The first-order chi connectivity index (χ1) is 14.6. The van der Waals surface area contributed by atoms with Gasteiger partial charge in [0, 0.05) is 21.3 Å². The molecule has 0 amide bonds. The van der Waals surface area contributed by atoms with Gasteiger partial charge in [-0.05, 0) is 65.6 Å². The van der Waals surface area contributed by atoms with Gasteiger partial charge in [0.15, 0.2) is 0 Å². The zero-order valence-corrected chi connectivity index (χ0v) is 23.6. The molecule has 0 aromatic heterocycles. The van der Waals surface area contributed by atoms with Crippen LogP contribution in [0.5, 0.6) is 0 Å². The first-order valence-corrected chi connectivity index (χ1v) is 12.7. The molecule has 192 valence electrons. The van der Waals surface area contributed by atoms with E-state index >= 15 is 0 Å². The van der Waals surface area contributed by atoms with Gasteiger partial charge in [-0.2, -0.15) is 0 Å². The number of methoxy groups -OCH3 is 3. The van der Waals surface area contributed by atoms with E-state index in [0.717, 1.165) is 11.8 Å². The highest BCUT2D eigenvalue weighted by molar-refractivity contribution is 4.97. The first kappa shape index (κ1) is 29.9. The molecule has 0 radical (unpaired) electrons. The van der Waals surface area contributed by atoms with Crippen molar-refractivity contribution in [1.82, 2.24) is 0 Å². The summed E-state index contributed by atoms with van der Waals surface area (Å²) in [6.45, 7) is 23.3. The molecule has 2 saturated carbocycles. The van der Waals surface area contributed by atoms with Crippen LogP contribution in [0.15, 0.2) is 0 Å². The fourth-order valence-electron chi connectivity index (χ4n) is 7.84. The largest absolute Gasteiger partial charge is 0.382 e. The van der Waals surface area contributed by atoms with E-state index < -0.39 is 0 Å². The van der Waals surface area contributed by atoms with Crippen molar-refractivity contribution in [2.45, 2.75) is 107 Å². The standard InChI is InChI=1S/2C14H28O2/c1-11-7-13(2,3)10-14(4,8-11)12(16-6)9-15-5;1-11-9-13(2,3)12(14(4,5)10-11)16-8-7-15-6/h2*11-12H,7-10H2,1-6H3. The third kappa shape index (κ3) is 8.56. The van der Waals surface area contributed by atoms with Gasteiger partial charge in [0.05, 0.1) is 32.0 Å². The SMILES string of the molecule is COCC(OC)C1(C)CC(C)CC(C)(C)C1.COCCOC1C(C)(C)CC(C)CC1(C)C. The molecule has 0 aromatic carbocycles. The summed E-state index contributed by atoms with van der Waals surface area (Å²) >= 11 is 0. The fourth-order valence-corrected chi connectivity index (χ4v) is 7.84. The van der Waals surface area contributed by atoms with Gasteiger partial charge < -0.3 is 18.9 Å². The first-order valence-electron chi connectivity index (χ1n) is 12.7. The minimum Gasteiger partial charge on any atom is -0.382 e. The predicted molar refractivity (Wildman–Crippen MR) is 135 cm³/mol. The maximum Gasteiger partial charge on any atom is 0.0858 e. The molecule has 2 fully saturated rings. The van der Waals surface area contributed by atoms with Gasteiger partial charge in [-0.25, -0.2) is 0 Å². The van der Waals surface area contributed by atoms with Gasteiger partial charge in [-0.1, -0.05) is 62.3 Å². The minimum absolute atomic E-state index is 0.222. The maximum absolute atomic E-state index is 6.08. The second-order valence-electron chi connectivity index (χ2n) is 13.4. The molecule has 0 spiro atoms. The summed E-state index contributed by atoms with van der Waals surface area (Å²) in [5.41, 5.74) is 1.23. The van der Waals surface area contributed by atoms with Crippen LogP contribution in [0.4, 0.5) is 0 Å². The van der Waals surface area contributed by atoms with Crippen molar-refractivity contribution >= 4 is 0 Å². The Morgan fingerprint density at radius 3 is 1.69 bits per heavy atom. The summed E-state index contributed by atoms with van der Waals surface area (Å²) in [6, 6.07) is 0. The highest BCUT2D eigenvalue weighted by Crippen LogP contribution is 2.51. The molecule has 0 aliphatic heterocycles. The quantitative estimate of drug-likeness (QED) is 0.368. The fraction of sp³-hybridized carbons (Fsp3) is 1.00. The molecule has 0 aromatic rings. The molecule has 32 heavy (non-hydrogen) atoms. The molecule has 2 aliphatic rings. The lowest BCUT2D eigenvalue weighted by Gasteiger charge is -2.51. The third-order valence-corrected chi connectivity index (χ3v) is 7.72. The van der Waals surface area contributed by atoms with E-state index in [2.05, 4.69) is 62.3 Å². The second-order valence-corrected chi connectivity index (χ2v) is 13.4. The van der Waals surface area contributed by atoms with Crippen LogP contribution in [0.3, 0.4) is 0 Å². The van der Waals surface area contributed by atoms with E-state index in [1.807, 2.05) is 0 Å². The van der Waals surface area contributed by atoms with Gasteiger partial charge >= 0.3 is 0 Å². The predicted octanol–water partition coefficient (Wildman–Crippen LogP) is 7.00. The van der Waals surface area contributed by atoms with E-state index in [-0.39, 0.29) is 22.3 Å². The summed E-state index contributed by atoms with van der Waals surface area (Å²) in [7, 11) is 5.29. The minimum atomic E-state index is 0.222. The Kier molecular flexibility index (Phi) is 11.2. The Balaban J connectivity index is 0.000000320. The lowest BCUT2D eigenvalue weighted by Crippen LogP contribution is -2.49. The Labute approximate surface area is 200 Å². The maximum atomic E-state index is 6.08. The van der Waals surface area contributed by atoms with Crippen LogP contribution in [0, 0.1) is 33.5 Å². The molecule has 4 nitrogen and oxygen atoms in total. The number of ether oxygens (including phenoxy) is 4. The zero-order chi connectivity index (χ0) is 24.8. The van der Waals surface area contributed by atoms with Crippen LogP contribution in [0.25, 0.3) is 0 Å². The summed E-state index contributed by atoms with van der Waals surface area (Å²) in [5.74, 6) is 1.58. The van der Waals surface area contributed by atoms with Crippen molar-refractivity contribution in [3.63, 3.8) is 0 Å². The van der Waals surface area contributed by atoms with Crippen LogP contribution in [0.2, 0.25) is 0 Å². The summed E-state index contributed by atoms with van der Waals surface area (Å²) in [4.78, 5) is 0. The number of rotatable bonds is 8. The van der Waals surface area contributed by atoms with Crippen LogP contribution < -0.4 is 0 Å². The molecule has 2 aliphatic carbocycles. The molecule has 3 unspecified atom stereocenters. The highest BCUT2D eigenvalue weighted by Gasteiger charge is 2.47. The summed E-state index contributed by atoms with van der Waals surface area (Å²) < 4.78 is 22.1. The van der Waals surface area contributed by atoms with Crippen molar-refractivity contribution in [2.75, 3.05) is 41.2 Å². The van der Waals surface area contributed by atoms with E-state index in [1.165, 1.54) is 32.1 Å². The zero-order valence-electron chi connectivity index (χ0n) is 23.6. The Hall–Kier alpha value is -0.160. The normalized spacial score (nSPS) is 34.3. The molecule has 2 rings (SSSR count). The molecule has 0 saturated heterocycles. The molecular weight excluding hydrogens is 400 g/mol. The smallest absolute Gasteiger partial charge is 0.0858 e. The van der Waals surface area contributed by atoms with E-state index in [9.17, 15) is 0 Å². The van der Waals surface area contributed by atoms with Crippen LogP contribution in [-0.2, 0) is 18.9 Å².